The zero-order valence-electron chi connectivity index (χ0n) is 10.1. The fourth-order valence-corrected chi connectivity index (χ4v) is 2.72. The molecule has 1 heterocycles. The SMILES string of the molecule is CC1CCC(CNC(=O)C2CNCCN2)C1. The fraction of sp³-hybridized carbons (Fsp3) is 0.917. The lowest BCUT2D eigenvalue weighted by molar-refractivity contribution is -0.123. The van der Waals surface area contributed by atoms with E-state index in [4.69, 9.17) is 0 Å². The number of carbonyl (C=O) groups is 1. The first-order valence-electron chi connectivity index (χ1n) is 6.47. The first-order chi connectivity index (χ1) is 7.75. The number of piperazine rings is 1. The Bertz CT molecular complexity index is 238. The summed E-state index contributed by atoms with van der Waals surface area (Å²) in [5.74, 6) is 1.71. The molecule has 0 aromatic rings. The minimum atomic E-state index is -0.0347. The summed E-state index contributed by atoms with van der Waals surface area (Å²) in [5, 5.41) is 9.53. The fourth-order valence-electron chi connectivity index (χ4n) is 2.72. The van der Waals surface area contributed by atoms with Crippen molar-refractivity contribution in [3.05, 3.63) is 0 Å². The van der Waals surface area contributed by atoms with Crippen LogP contribution in [0.3, 0.4) is 0 Å². The van der Waals surface area contributed by atoms with Crippen molar-refractivity contribution in [1.82, 2.24) is 16.0 Å². The van der Waals surface area contributed by atoms with Crippen LogP contribution in [0.15, 0.2) is 0 Å². The Morgan fingerprint density at radius 2 is 2.25 bits per heavy atom. The van der Waals surface area contributed by atoms with Gasteiger partial charge in [-0.1, -0.05) is 13.3 Å². The molecule has 3 unspecified atom stereocenters. The summed E-state index contributed by atoms with van der Waals surface area (Å²) in [4.78, 5) is 11.8. The van der Waals surface area contributed by atoms with Gasteiger partial charge in [-0.15, -0.1) is 0 Å². The van der Waals surface area contributed by atoms with Gasteiger partial charge in [0.1, 0.15) is 0 Å². The molecule has 3 N–H and O–H groups in total. The summed E-state index contributed by atoms with van der Waals surface area (Å²) < 4.78 is 0. The lowest BCUT2D eigenvalue weighted by Gasteiger charge is -2.24. The summed E-state index contributed by atoms with van der Waals surface area (Å²) in [6.07, 6.45) is 3.87. The van der Waals surface area contributed by atoms with Crippen LogP contribution < -0.4 is 16.0 Å². The van der Waals surface area contributed by atoms with E-state index in [1.54, 1.807) is 0 Å². The van der Waals surface area contributed by atoms with Gasteiger partial charge < -0.3 is 16.0 Å². The third kappa shape index (κ3) is 3.19. The van der Waals surface area contributed by atoms with Gasteiger partial charge in [0.25, 0.3) is 0 Å². The smallest absolute Gasteiger partial charge is 0.238 e. The Labute approximate surface area is 97.6 Å². The summed E-state index contributed by atoms with van der Waals surface area (Å²) >= 11 is 0. The van der Waals surface area contributed by atoms with E-state index in [9.17, 15) is 4.79 Å². The Morgan fingerprint density at radius 1 is 1.38 bits per heavy atom. The second-order valence-electron chi connectivity index (χ2n) is 5.24. The molecule has 2 rings (SSSR count). The maximum Gasteiger partial charge on any atom is 0.238 e. The molecule has 0 aromatic carbocycles. The van der Waals surface area contributed by atoms with E-state index < -0.39 is 0 Å². The minimum absolute atomic E-state index is 0.0347. The molecule has 3 atom stereocenters. The van der Waals surface area contributed by atoms with Crippen molar-refractivity contribution in [1.29, 1.82) is 0 Å². The van der Waals surface area contributed by atoms with Gasteiger partial charge in [0, 0.05) is 26.2 Å². The van der Waals surface area contributed by atoms with E-state index in [-0.39, 0.29) is 11.9 Å². The van der Waals surface area contributed by atoms with Gasteiger partial charge in [0.15, 0.2) is 0 Å². The topological polar surface area (TPSA) is 53.2 Å². The van der Waals surface area contributed by atoms with Gasteiger partial charge in [-0.05, 0) is 24.7 Å². The predicted molar refractivity (Wildman–Crippen MR) is 64.2 cm³/mol. The standard InChI is InChI=1S/C12H23N3O/c1-9-2-3-10(6-9)7-15-12(16)11-8-13-4-5-14-11/h9-11,13-14H,2-8H2,1H3,(H,15,16). The van der Waals surface area contributed by atoms with E-state index >= 15 is 0 Å². The van der Waals surface area contributed by atoms with Crippen molar-refractivity contribution in [3.8, 4) is 0 Å². The highest BCUT2D eigenvalue weighted by atomic mass is 16.2. The first kappa shape index (κ1) is 11.9. The molecule has 0 radical (unpaired) electrons. The highest BCUT2D eigenvalue weighted by Crippen LogP contribution is 2.29. The van der Waals surface area contributed by atoms with Gasteiger partial charge >= 0.3 is 0 Å². The summed E-state index contributed by atoms with van der Waals surface area (Å²) in [6.45, 7) is 5.77. The summed E-state index contributed by atoms with van der Waals surface area (Å²) in [5.41, 5.74) is 0. The maximum atomic E-state index is 11.8. The molecule has 0 spiro atoms. The molecule has 2 fully saturated rings. The molecular formula is C12H23N3O. The third-order valence-electron chi connectivity index (χ3n) is 3.73. The highest BCUT2D eigenvalue weighted by Gasteiger charge is 2.24. The van der Waals surface area contributed by atoms with E-state index in [2.05, 4.69) is 22.9 Å². The normalized spacial score (nSPS) is 34.9. The van der Waals surface area contributed by atoms with Crippen LogP contribution in [0, 0.1) is 11.8 Å². The van der Waals surface area contributed by atoms with Crippen molar-refractivity contribution in [2.45, 2.75) is 32.2 Å². The van der Waals surface area contributed by atoms with Crippen LogP contribution in [0.2, 0.25) is 0 Å². The molecule has 1 aliphatic carbocycles. The Hall–Kier alpha value is -0.610. The van der Waals surface area contributed by atoms with E-state index in [0.29, 0.717) is 5.92 Å². The van der Waals surface area contributed by atoms with Crippen LogP contribution >= 0.6 is 0 Å². The van der Waals surface area contributed by atoms with Crippen molar-refractivity contribution in [2.24, 2.45) is 11.8 Å². The second kappa shape index (κ2) is 5.64. The Kier molecular flexibility index (Phi) is 4.18. The number of amides is 1. The molecule has 1 amide bonds. The lowest BCUT2D eigenvalue weighted by Crippen LogP contribution is -2.56. The van der Waals surface area contributed by atoms with Gasteiger partial charge in [-0.3, -0.25) is 4.79 Å². The van der Waals surface area contributed by atoms with Crippen LogP contribution in [0.4, 0.5) is 0 Å². The monoisotopic (exact) mass is 225 g/mol. The van der Waals surface area contributed by atoms with Gasteiger partial charge in [-0.25, -0.2) is 0 Å². The molecule has 1 saturated carbocycles. The van der Waals surface area contributed by atoms with Gasteiger partial charge in [-0.2, -0.15) is 0 Å². The van der Waals surface area contributed by atoms with E-state index in [1.807, 2.05) is 0 Å². The van der Waals surface area contributed by atoms with Crippen LogP contribution in [-0.4, -0.2) is 38.1 Å². The molecular weight excluding hydrogens is 202 g/mol. The summed E-state index contributed by atoms with van der Waals surface area (Å²) in [7, 11) is 0. The zero-order valence-corrected chi connectivity index (χ0v) is 10.1. The molecule has 0 aromatic heterocycles. The number of hydrogen-bond acceptors (Lipinski definition) is 3. The lowest BCUT2D eigenvalue weighted by atomic mass is 10.1. The average molecular weight is 225 g/mol. The van der Waals surface area contributed by atoms with Gasteiger partial charge in [0.05, 0.1) is 6.04 Å². The quantitative estimate of drug-likeness (QED) is 0.638. The van der Waals surface area contributed by atoms with Crippen molar-refractivity contribution >= 4 is 5.91 Å². The molecule has 1 aliphatic heterocycles. The third-order valence-corrected chi connectivity index (χ3v) is 3.73. The molecule has 0 bridgehead atoms. The number of hydrogen-bond donors (Lipinski definition) is 3. The molecule has 1 saturated heterocycles. The number of rotatable bonds is 3. The van der Waals surface area contributed by atoms with Crippen molar-refractivity contribution in [3.63, 3.8) is 0 Å². The molecule has 2 aliphatic rings. The minimum Gasteiger partial charge on any atom is -0.354 e. The summed E-state index contributed by atoms with van der Waals surface area (Å²) in [6, 6.07) is -0.0347. The zero-order chi connectivity index (χ0) is 11.4. The van der Waals surface area contributed by atoms with Crippen LogP contribution in [0.1, 0.15) is 26.2 Å². The largest absolute Gasteiger partial charge is 0.354 e. The Morgan fingerprint density at radius 3 is 2.88 bits per heavy atom. The Balaban J connectivity index is 1.66. The van der Waals surface area contributed by atoms with Crippen LogP contribution in [-0.2, 0) is 4.79 Å². The molecule has 92 valence electrons. The number of carbonyl (C=O) groups excluding carboxylic acids is 1. The first-order valence-corrected chi connectivity index (χ1v) is 6.47. The predicted octanol–water partition coefficient (Wildman–Crippen LogP) is 0.100. The van der Waals surface area contributed by atoms with E-state index in [0.717, 1.165) is 32.1 Å². The average Bonchev–Trinajstić information content (AvgIpc) is 2.73. The number of nitrogens with one attached hydrogen (secondary N) is 3. The molecule has 16 heavy (non-hydrogen) atoms. The molecule has 4 nitrogen and oxygen atoms in total. The van der Waals surface area contributed by atoms with Crippen molar-refractivity contribution in [2.75, 3.05) is 26.2 Å². The maximum absolute atomic E-state index is 11.8. The van der Waals surface area contributed by atoms with Crippen LogP contribution in [0.25, 0.3) is 0 Å². The van der Waals surface area contributed by atoms with Gasteiger partial charge in [0.2, 0.25) is 5.91 Å². The molecule has 4 heteroatoms. The van der Waals surface area contributed by atoms with E-state index in [1.165, 1.54) is 19.3 Å². The van der Waals surface area contributed by atoms with Crippen molar-refractivity contribution < 1.29 is 4.79 Å². The second-order valence-corrected chi connectivity index (χ2v) is 5.24. The highest BCUT2D eigenvalue weighted by molar-refractivity contribution is 5.82. The van der Waals surface area contributed by atoms with Crippen LogP contribution in [0.5, 0.6) is 0 Å².